The van der Waals surface area contributed by atoms with Crippen LogP contribution in [0.3, 0.4) is 0 Å². The minimum Gasteiger partial charge on any atom is -0.480 e. The van der Waals surface area contributed by atoms with Gasteiger partial charge in [0.05, 0.1) is 11.8 Å². The summed E-state index contributed by atoms with van der Waals surface area (Å²) in [5.41, 5.74) is -0.873. The monoisotopic (exact) mass is 362 g/mol. The summed E-state index contributed by atoms with van der Waals surface area (Å²) in [6.07, 6.45) is 9.54. The number of aliphatic carboxylic acids is 1. The van der Waals surface area contributed by atoms with Gasteiger partial charge in [0, 0.05) is 18.8 Å². The molecule has 2 heterocycles. The fourth-order valence-electron chi connectivity index (χ4n) is 3.89. The summed E-state index contributed by atoms with van der Waals surface area (Å²) >= 11 is 0. The number of hydrogen-bond donors (Lipinski definition) is 2. The second-order valence-corrected chi connectivity index (χ2v) is 7.47. The molecular weight excluding hydrogens is 336 g/mol. The number of carboxylic acids is 1. The molecule has 0 spiro atoms. The zero-order chi connectivity index (χ0) is 18.7. The quantitative estimate of drug-likeness (QED) is 0.824. The van der Waals surface area contributed by atoms with E-state index in [4.69, 9.17) is 0 Å². The lowest BCUT2D eigenvalue weighted by Gasteiger charge is -2.30. The van der Waals surface area contributed by atoms with Crippen molar-refractivity contribution in [2.24, 2.45) is 0 Å². The number of nitrogens with zero attached hydrogens (tertiary/aromatic N) is 3. The maximum Gasteiger partial charge on any atom is 0.329 e. The van der Waals surface area contributed by atoms with Crippen molar-refractivity contribution < 1.29 is 19.5 Å². The van der Waals surface area contributed by atoms with Crippen molar-refractivity contribution in [2.75, 3.05) is 6.54 Å². The number of rotatable bonds is 5. The average molecular weight is 362 g/mol. The van der Waals surface area contributed by atoms with Crippen LogP contribution in [-0.2, 0) is 16.1 Å². The van der Waals surface area contributed by atoms with Gasteiger partial charge in [0.1, 0.15) is 12.1 Å². The summed E-state index contributed by atoms with van der Waals surface area (Å²) in [5.74, 6) is -1.47. The Hall–Kier alpha value is -2.38. The van der Waals surface area contributed by atoms with Gasteiger partial charge in [-0.3, -0.25) is 14.3 Å². The van der Waals surface area contributed by atoms with Crippen molar-refractivity contribution >= 4 is 17.8 Å². The van der Waals surface area contributed by atoms with Crippen LogP contribution in [0, 0.1) is 0 Å². The number of aromatic nitrogens is 2. The van der Waals surface area contributed by atoms with Crippen LogP contribution in [0.2, 0.25) is 0 Å². The largest absolute Gasteiger partial charge is 0.480 e. The highest BCUT2D eigenvalue weighted by Crippen LogP contribution is 2.30. The van der Waals surface area contributed by atoms with Crippen molar-refractivity contribution in [1.82, 2.24) is 20.0 Å². The SMILES string of the molecule is CC1(C(=O)O)CCCN1C(=O)c1cnn(CC(=O)NC2CCCCC2)c1. The fraction of sp³-hybridized carbons (Fsp3) is 0.667. The van der Waals surface area contributed by atoms with Gasteiger partial charge in [-0.05, 0) is 32.6 Å². The third-order valence-electron chi connectivity index (χ3n) is 5.50. The van der Waals surface area contributed by atoms with E-state index >= 15 is 0 Å². The van der Waals surface area contributed by atoms with Crippen LogP contribution < -0.4 is 5.32 Å². The van der Waals surface area contributed by atoms with Crippen LogP contribution in [0.4, 0.5) is 0 Å². The first-order valence-electron chi connectivity index (χ1n) is 9.27. The molecular formula is C18H26N4O4. The molecule has 0 aromatic carbocycles. The molecule has 142 valence electrons. The van der Waals surface area contributed by atoms with Gasteiger partial charge in [0.15, 0.2) is 0 Å². The number of carbonyl (C=O) groups is 3. The maximum atomic E-state index is 12.7. The number of likely N-dealkylation sites (tertiary alicyclic amines) is 1. The van der Waals surface area contributed by atoms with Crippen LogP contribution >= 0.6 is 0 Å². The lowest BCUT2D eigenvalue weighted by molar-refractivity contribution is -0.147. The Bertz CT molecular complexity index is 695. The lowest BCUT2D eigenvalue weighted by Crippen LogP contribution is -2.50. The Balaban J connectivity index is 1.61. The van der Waals surface area contributed by atoms with Gasteiger partial charge in [0.2, 0.25) is 5.91 Å². The smallest absolute Gasteiger partial charge is 0.329 e. The zero-order valence-electron chi connectivity index (χ0n) is 15.1. The summed E-state index contributed by atoms with van der Waals surface area (Å²) in [5, 5.41) is 16.6. The van der Waals surface area contributed by atoms with Crippen LogP contribution in [-0.4, -0.2) is 55.7 Å². The number of amides is 2. The summed E-state index contributed by atoms with van der Waals surface area (Å²) in [4.78, 5) is 37.8. The standard InChI is InChI=1S/C18H26N4O4/c1-18(17(25)26)8-5-9-22(18)16(24)13-10-19-21(11-13)12-15(23)20-14-6-3-2-4-7-14/h10-11,14H,2-9,12H2,1H3,(H,20,23)(H,25,26). The molecule has 2 amide bonds. The van der Waals surface area contributed by atoms with Crippen molar-refractivity contribution in [3.05, 3.63) is 18.0 Å². The Morgan fingerprint density at radius 1 is 1.27 bits per heavy atom. The van der Waals surface area contributed by atoms with Gasteiger partial charge in [0.25, 0.3) is 5.91 Å². The summed E-state index contributed by atoms with van der Waals surface area (Å²) in [6, 6.07) is 0.230. The molecule has 26 heavy (non-hydrogen) atoms. The molecule has 1 aliphatic carbocycles. The summed E-state index contributed by atoms with van der Waals surface area (Å²) in [7, 11) is 0. The van der Waals surface area contributed by atoms with E-state index in [0.29, 0.717) is 24.9 Å². The third-order valence-corrected chi connectivity index (χ3v) is 5.50. The molecule has 3 rings (SSSR count). The molecule has 0 radical (unpaired) electrons. The zero-order valence-corrected chi connectivity index (χ0v) is 15.1. The van der Waals surface area contributed by atoms with E-state index in [2.05, 4.69) is 10.4 Å². The molecule has 1 saturated heterocycles. The van der Waals surface area contributed by atoms with Crippen LogP contribution in [0.1, 0.15) is 62.2 Å². The number of carbonyl (C=O) groups excluding carboxylic acids is 2. The number of carboxylic acid groups (broad SMARTS) is 1. The van der Waals surface area contributed by atoms with Crippen molar-refractivity contribution in [2.45, 2.75) is 70.0 Å². The van der Waals surface area contributed by atoms with Crippen molar-refractivity contribution in [1.29, 1.82) is 0 Å². The fourth-order valence-corrected chi connectivity index (χ4v) is 3.89. The van der Waals surface area contributed by atoms with Gasteiger partial charge in [-0.1, -0.05) is 19.3 Å². The van der Waals surface area contributed by atoms with Crippen molar-refractivity contribution in [3.8, 4) is 0 Å². The average Bonchev–Trinajstić information content (AvgIpc) is 3.22. The van der Waals surface area contributed by atoms with E-state index in [1.807, 2.05) is 0 Å². The topological polar surface area (TPSA) is 105 Å². The Morgan fingerprint density at radius 2 is 2.00 bits per heavy atom. The molecule has 2 aliphatic rings. The van der Waals surface area contributed by atoms with E-state index in [1.165, 1.54) is 28.4 Å². The maximum absolute atomic E-state index is 12.7. The molecule has 1 unspecified atom stereocenters. The van der Waals surface area contributed by atoms with E-state index in [-0.39, 0.29) is 24.4 Å². The van der Waals surface area contributed by atoms with Gasteiger partial charge in [-0.25, -0.2) is 4.79 Å². The molecule has 2 N–H and O–H groups in total. The lowest BCUT2D eigenvalue weighted by atomic mass is 9.95. The molecule has 2 fully saturated rings. The second kappa shape index (κ2) is 7.47. The van der Waals surface area contributed by atoms with Crippen molar-refractivity contribution in [3.63, 3.8) is 0 Å². The molecule has 1 saturated carbocycles. The second-order valence-electron chi connectivity index (χ2n) is 7.47. The third kappa shape index (κ3) is 3.73. The van der Waals surface area contributed by atoms with Gasteiger partial charge >= 0.3 is 5.97 Å². The van der Waals surface area contributed by atoms with Crippen LogP contribution in [0.25, 0.3) is 0 Å². The predicted molar refractivity (Wildman–Crippen MR) is 93.6 cm³/mol. The van der Waals surface area contributed by atoms with Gasteiger partial charge < -0.3 is 15.3 Å². The van der Waals surface area contributed by atoms with Crippen LogP contribution in [0.5, 0.6) is 0 Å². The minimum absolute atomic E-state index is 0.0555. The minimum atomic E-state index is -1.18. The molecule has 1 aliphatic heterocycles. The first-order valence-corrected chi connectivity index (χ1v) is 9.27. The van der Waals surface area contributed by atoms with Gasteiger partial charge in [-0.15, -0.1) is 0 Å². The van der Waals surface area contributed by atoms with E-state index in [0.717, 1.165) is 25.7 Å². The Kier molecular flexibility index (Phi) is 5.29. The highest BCUT2D eigenvalue weighted by Gasteiger charge is 2.46. The Labute approximate surface area is 152 Å². The van der Waals surface area contributed by atoms with Crippen LogP contribution in [0.15, 0.2) is 12.4 Å². The van der Waals surface area contributed by atoms with E-state index < -0.39 is 11.5 Å². The number of hydrogen-bond acceptors (Lipinski definition) is 4. The molecule has 8 heteroatoms. The van der Waals surface area contributed by atoms with E-state index in [9.17, 15) is 19.5 Å². The summed E-state index contributed by atoms with van der Waals surface area (Å²) in [6.45, 7) is 2.04. The molecule has 0 bridgehead atoms. The molecule has 1 aromatic rings. The first kappa shape index (κ1) is 18.4. The number of nitrogens with one attached hydrogen (secondary N) is 1. The van der Waals surface area contributed by atoms with Gasteiger partial charge in [-0.2, -0.15) is 5.10 Å². The predicted octanol–water partition coefficient (Wildman–Crippen LogP) is 1.41. The molecule has 1 atom stereocenters. The normalized spacial score (nSPS) is 23.8. The molecule has 8 nitrogen and oxygen atoms in total. The highest BCUT2D eigenvalue weighted by molar-refractivity contribution is 5.97. The summed E-state index contributed by atoms with van der Waals surface area (Å²) < 4.78 is 1.43. The Morgan fingerprint density at radius 3 is 2.69 bits per heavy atom. The first-order chi connectivity index (χ1) is 12.4. The molecule has 1 aromatic heterocycles. The highest BCUT2D eigenvalue weighted by atomic mass is 16.4. The van der Waals surface area contributed by atoms with E-state index in [1.54, 1.807) is 6.92 Å².